The number of hydrogen-bond donors (Lipinski definition) is 2. The Bertz CT molecular complexity index is 661. The van der Waals surface area contributed by atoms with E-state index in [4.69, 9.17) is 4.99 Å². The lowest BCUT2D eigenvalue weighted by Gasteiger charge is -2.33. The SMILES string of the molecule is CCNC(=NCC(C)CN1CCN(C)CC1)NC(C)c1cccc(N2CCCC2)c1. The maximum atomic E-state index is 4.91. The summed E-state index contributed by atoms with van der Waals surface area (Å²) in [5.41, 5.74) is 2.66. The second-order valence-electron chi connectivity index (χ2n) is 9.08. The number of benzene rings is 1. The Kier molecular flexibility index (Phi) is 8.82. The van der Waals surface area contributed by atoms with Crippen LogP contribution in [0.1, 0.15) is 45.2 Å². The van der Waals surface area contributed by atoms with Crippen molar-refractivity contribution in [3.63, 3.8) is 0 Å². The number of nitrogens with one attached hydrogen (secondary N) is 2. The molecule has 6 nitrogen and oxygen atoms in total. The van der Waals surface area contributed by atoms with Crippen LogP contribution in [0.5, 0.6) is 0 Å². The first-order chi connectivity index (χ1) is 14.5. The molecule has 2 saturated heterocycles. The fraction of sp³-hybridized carbons (Fsp3) is 0.708. The highest BCUT2D eigenvalue weighted by Gasteiger charge is 2.17. The van der Waals surface area contributed by atoms with E-state index in [-0.39, 0.29) is 6.04 Å². The Balaban J connectivity index is 1.54. The Morgan fingerprint density at radius 2 is 1.80 bits per heavy atom. The first-order valence-electron chi connectivity index (χ1n) is 11.9. The van der Waals surface area contributed by atoms with E-state index < -0.39 is 0 Å². The lowest BCUT2D eigenvalue weighted by molar-refractivity contribution is 0.140. The third-order valence-corrected chi connectivity index (χ3v) is 6.27. The minimum atomic E-state index is 0.221. The Hall–Kier alpha value is -1.79. The largest absolute Gasteiger partial charge is 0.372 e. The molecule has 2 aliphatic rings. The summed E-state index contributed by atoms with van der Waals surface area (Å²) in [5, 5.41) is 7.04. The van der Waals surface area contributed by atoms with Gasteiger partial charge in [0.15, 0.2) is 5.96 Å². The predicted molar refractivity (Wildman–Crippen MR) is 129 cm³/mol. The molecule has 0 aromatic heterocycles. The van der Waals surface area contributed by atoms with Crippen LogP contribution in [0.25, 0.3) is 0 Å². The summed E-state index contributed by atoms with van der Waals surface area (Å²) in [7, 11) is 2.21. The van der Waals surface area contributed by atoms with Gasteiger partial charge in [-0.25, -0.2) is 0 Å². The summed E-state index contributed by atoms with van der Waals surface area (Å²) in [4.78, 5) is 12.4. The number of anilines is 1. The molecule has 0 amide bonds. The third kappa shape index (κ3) is 6.88. The zero-order valence-corrected chi connectivity index (χ0v) is 19.5. The molecule has 1 aromatic rings. The molecule has 168 valence electrons. The minimum Gasteiger partial charge on any atom is -0.372 e. The van der Waals surface area contributed by atoms with Crippen LogP contribution in [0.15, 0.2) is 29.3 Å². The van der Waals surface area contributed by atoms with Gasteiger partial charge in [0.1, 0.15) is 0 Å². The lowest BCUT2D eigenvalue weighted by atomic mass is 10.1. The van der Waals surface area contributed by atoms with Gasteiger partial charge in [0.25, 0.3) is 0 Å². The van der Waals surface area contributed by atoms with E-state index in [0.717, 1.165) is 25.6 Å². The molecule has 0 spiro atoms. The maximum Gasteiger partial charge on any atom is 0.191 e. The Morgan fingerprint density at radius 1 is 1.07 bits per heavy atom. The Morgan fingerprint density at radius 3 is 2.50 bits per heavy atom. The smallest absolute Gasteiger partial charge is 0.191 e. The number of nitrogens with zero attached hydrogens (tertiary/aromatic N) is 4. The number of aliphatic imine (C=N–C) groups is 1. The molecule has 0 saturated carbocycles. The molecule has 2 fully saturated rings. The van der Waals surface area contributed by atoms with Crippen molar-refractivity contribution in [2.24, 2.45) is 10.9 Å². The van der Waals surface area contributed by atoms with Crippen molar-refractivity contribution >= 4 is 11.6 Å². The van der Waals surface area contributed by atoms with Crippen LogP contribution >= 0.6 is 0 Å². The highest BCUT2D eigenvalue weighted by Crippen LogP contribution is 2.24. The molecule has 0 radical (unpaired) electrons. The van der Waals surface area contributed by atoms with Crippen molar-refractivity contribution in [2.45, 2.75) is 39.7 Å². The summed E-state index contributed by atoms with van der Waals surface area (Å²) in [6.45, 7) is 16.6. The average Bonchev–Trinajstić information content (AvgIpc) is 3.29. The molecule has 2 unspecified atom stereocenters. The maximum absolute atomic E-state index is 4.91. The molecule has 6 heteroatoms. The van der Waals surface area contributed by atoms with E-state index in [1.807, 2.05) is 0 Å². The van der Waals surface area contributed by atoms with Gasteiger partial charge in [0, 0.05) is 64.6 Å². The van der Waals surface area contributed by atoms with Gasteiger partial charge in [-0.1, -0.05) is 19.1 Å². The average molecular weight is 415 g/mol. The standard InChI is InChI=1S/C24H42N6/c1-5-25-24(26-18-20(2)19-29-15-13-28(4)14-16-29)27-21(3)22-9-8-10-23(17-22)30-11-6-7-12-30/h8-10,17,20-21H,5-7,11-16,18-19H2,1-4H3,(H2,25,26,27). The molecule has 2 N–H and O–H groups in total. The molecular formula is C24H42N6. The summed E-state index contributed by atoms with van der Waals surface area (Å²) in [6.07, 6.45) is 2.61. The molecule has 1 aromatic carbocycles. The minimum absolute atomic E-state index is 0.221. The molecule has 3 rings (SSSR count). The van der Waals surface area contributed by atoms with Crippen molar-refractivity contribution in [1.82, 2.24) is 20.4 Å². The summed E-state index contributed by atoms with van der Waals surface area (Å²) >= 11 is 0. The van der Waals surface area contributed by atoms with Crippen LogP contribution in [0.3, 0.4) is 0 Å². The predicted octanol–water partition coefficient (Wildman–Crippen LogP) is 2.79. The second kappa shape index (κ2) is 11.6. The van der Waals surface area contributed by atoms with Crippen molar-refractivity contribution in [1.29, 1.82) is 0 Å². The van der Waals surface area contributed by atoms with Crippen molar-refractivity contribution < 1.29 is 0 Å². The van der Waals surface area contributed by atoms with Gasteiger partial charge in [-0.3, -0.25) is 4.99 Å². The van der Waals surface area contributed by atoms with Crippen LogP contribution in [0.4, 0.5) is 5.69 Å². The first kappa shape index (κ1) is 22.9. The number of rotatable bonds is 8. The topological polar surface area (TPSA) is 46.1 Å². The van der Waals surface area contributed by atoms with Crippen LogP contribution < -0.4 is 15.5 Å². The van der Waals surface area contributed by atoms with Crippen LogP contribution in [-0.2, 0) is 0 Å². The van der Waals surface area contributed by atoms with Gasteiger partial charge >= 0.3 is 0 Å². The molecular weight excluding hydrogens is 372 g/mol. The van der Waals surface area contributed by atoms with Crippen LogP contribution in [-0.4, -0.2) is 81.7 Å². The number of piperazine rings is 1. The number of likely N-dealkylation sites (N-methyl/N-ethyl adjacent to an activating group) is 1. The molecule has 30 heavy (non-hydrogen) atoms. The first-order valence-corrected chi connectivity index (χ1v) is 11.9. The van der Waals surface area contributed by atoms with Crippen LogP contribution in [0, 0.1) is 5.92 Å². The van der Waals surface area contributed by atoms with E-state index in [9.17, 15) is 0 Å². The van der Waals surface area contributed by atoms with Gasteiger partial charge in [-0.15, -0.1) is 0 Å². The quantitative estimate of drug-likeness (QED) is 0.506. The highest BCUT2D eigenvalue weighted by atomic mass is 15.2. The van der Waals surface area contributed by atoms with Gasteiger partial charge in [-0.2, -0.15) is 0 Å². The summed E-state index contributed by atoms with van der Waals surface area (Å²) in [5.74, 6) is 1.47. The van der Waals surface area contributed by atoms with Crippen LogP contribution in [0.2, 0.25) is 0 Å². The van der Waals surface area contributed by atoms with E-state index >= 15 is 0 Å². The lowest BCUT2D eigenvalue weighted by Crippen LogP contribution is -2.46. The van der Waals surface area contributed by atoms with Gasteiger partial charge in [0.2, 0.25) is 0 Å². The third-order valence-electron chi connectivity index (χ3n) is 6.27. The molecule has 2 aliphatic heterocycles. The summed E-state index contributed by atoms with van der Waals surface area (Å²) in [6, 6.07) is 9.20. The fourth-order valence-corrected chi connectivity index (χ4v) is 4.35. The molecule has 2 heterocycles. The molecule has 0 bridgehead atoms. The van der Waals surface area contributed by atoms with Crippen molar-refractivity contribution in [3.8, 4) is 0 Å². The van der Waals surface area contributed by atoms with Crippen molar-refractivity contribution in [2.75, 3.05) is 70.9 Å². The molecule has 2 atom stereocenters. The summed E-state index contributed by atoms with van der Waals surface area (Å²) < 4.78 is 0. The zero-order valence-electron chi connectivity index (χ0n) is 19.5. The van der Waals surface area contributed by atoms with Crippen molar-refractivity contribution in [3.05, 3.63) is 29.8 Å². The number of hydrogen-bond acceptors (Lipinski definition) is 4. The van der Waals surface area contributed by atoms with Gasteiger partial charge in [0.05, 0.1) is 6.04 Å². The van der Waals surface area contributed by atoms with Gasteiger partial charge in [-0.05, 0) is 57.4 Å². The second-order valence-corrected chi connectivity index (χ2v) is 9.08. The fourth-order valence-electron chi connectivity index (χ4n) is 4.35. The number of guanidine groups is 1. The zero-order chi connectivity index (χ0) is 21.3. The monoisotopic (exact) mass is 414 g/mol. The van der Waals surface area contributed by atoms with Gasteiger partial charge < -0.3 is 25.3 Å². The van der Waals surface area contributed by atoms with E-state index in [2.05, 4.69) is 77.4 Å². The normalized spacial score (nSPS) is 20.9. The van der Waals surface area contributed by atoms with E-state index in [0.29, 0.717) is 5.92 Å². The van der Waals surface area contributed by atoms with E-state index in [1.54, 1.807) is 0 Å². The Labute approximate surface area is 183 Å². The van der Waals surface area contributed by atoms with E-state index in [1.165, 1.54) is 63.4 Å². The molecule has 0 aliphatic carbocycles. The highest BCUT2D eigenvalue weighted by molar-refractivity contribution is 5.80.